The van der Waals surface area contributed by atoms with Crippen molar-refractivity contribution in [3.05, 3.63) is 61.7 Å². The lowest BCUT2D eigenvalue weighted by atomic mass is 10.2. The molecule has 0 N–H and O–H groups in total. The van der Waals surface area contributed by atoms with Crippen LogP contribution in [0.4, 0.5) is 4.79 Å². The van der Waals surface area contributed by atoms with E-state index in [4.69, 9.17) is 23.2 Å². The van der Waals surface area contributed by atoms with Crippen molar-refractivity contribution >= 4 is 52.2 Å². The number of aryl methyl sites for hydroxylation is 1. The highest BCUT2D eigenvalue weighted by Gasteiger charge is 2.35. The monoisotopic (exact) mass is 394 g/mol. The van der Waals surface area contributed by atoms with Crippen LogP contribution in [0, 0.1) is 13.8 Å². The summed E-state index contributed by atoms with van der Waals surface area (Å²) in [5.74, 6) is -0.327. The van der Waals surface area contributed by atoms with Crippen LogP contribution in [0.2, 0.25) is 10.0 Å². The molecule has 0 radical (unpaired) electrons. The van der Waals surface area contributed by atoms with Gasteiger partial charge >= 0.3 is 0 Å². The number of nitrogens with zero attached hydrogens (tertiary/aromatic N) is 2. The summed E-state index contributed by atoms with van der Waals surface area (Å²) in [4.78, 5) is 26.6. The predicted molar refractivity (Wildman–Crippen MR) is 103 cm³/mol. The summed E-state index contributed by atoms with van der Waals surface area (Å²) in [6.07, 6.45) is 1.77. The van der Waals surface area contributed by atoms with Crippen molar-refractivity contribution in [3.8, 4) is 0 Å². The molecule has 0 spiro atoms. The van der Waals surface area contributed by atoms with Gasteiger partial charge in [-0.05, 0) is 55.4 Å². The van der Waals surface area contributed by atoms with Gasteiger partial charge in [-0.2, -0.15) is 0 Å². The highest BCUT2D eigenvalue weighted by molar-refractivity contribution is 8.18. The number of carbonyl (C=O) groups excluding carboxylic acids is 2. The second kappa shape index (κ2) is 6.90. The van der Waals surface area contributed by atoms with Gasteiger partial charge in [-0.15, -0.1) is 0 Å². The minimum absolute atomic E-state index is 0.0628. The topological polar surface area (TPSA) is 42.3 Å². The van der Waals surface area contributed by atoms with Gasteiger partial charge in [-0.1, -0.05) is 29.3 Å². The van der Waals surface area contributed by atoms with E-state index >= 15 is 0 Å². The fourth-order valence-corrected chi connectivity index (χ4v) is 4.00. The van der Waals surface area contributed by atoms with Gasteiger partial charge in [0.1, 0.15) is 0 Å². The molecule has 1 fully saturated rings. The SMILES string of the molecule is Cc1cc(/C=C2\SC(=O)N(Cc3c(Cl)cccc3Cl)C2=O)c(C)n1C. The minimum atomic E-state index is -0.327. The number of imide groups is 1. The molecule has 0 saturated carbocycles. The third-order valence-corrected chi connectivity index (χ3v) is 5.97. The maximum atomic E-state index is 12.7. The Labute approximate surface area is 160 Å². The summed E-state index contributed by atoms with van der Waals surface area (Å²) < 4.78 is 2.04. The summed E-state index contributed by atoms with van der Waals surface area (Å²) in [6, 6.07) is 7.10. The van der Waals surface area contributed by atoms with E-state index in [0.717, 1.165) is 28.7 Å². The molecule has 25 heavy (non-hydrogen) atoms. The molecule has 2 amide bonds. The highest BCUT2D eigenvalue weighted by atomic mass is 35.5. The first-order valence-corrected chi connectivity index (χ1v) is 9.18. The molecular formula is C18H16Cl2N2O2S. The van der Waals surface area contributed by atoms with Crippen LogP contribution in [0.25, 0.3) is 6.08 Å². The van der Waals surface area contributed by atoms with Crippen molar-refractivity contribution in [1.82, 2.24) is 9.47 Å². The highest BCUT2D eigenvalue weighted by Crippen LogP contribution is 2.36. The Kier molecular flexibility index (Phi) is 5.00. The Bertz CT molecular complexity index is 898. The molecule has 2 aromatic rings. The smallest absolute Gasteiger partial charge is 0.293 e. The van der Waals surface area contributed by atoms with Crippen molar-refractivity contribution in [1.29, 1.82) is 0 Å². The van der Waals surface area contributed by atoms with Crippen molar-refractivity contribution < 1.29 is 9.59 Å². The summed E-state index contributed by atoms with van der Waals surface area (Å²) >= 11 is 13.2. The zero-order valence-corrected chi connectivity index (χ0v) is 16.3. The zero-order valence-electron chi connectivity index (χ0n) is 14.0. The molecule has 1 aliphatic rings. The van der Waals surface area contributed by atoms with Crippen LogP contribution in [0.1, 0.15) is 22.5 Å². The van der Waals surface area contributed by atoms with Gasteiger partial charge in [0.05, 0.1) is 11.4 Å². The lowest BCUT2D eigenvalue weighted by molar-refractivity contribution is -0.123. The average Bonchev–Trinajstić information content (AvgIpc) is 2.95. The van der Waals surface area contributed by atoms with Crippen LogP contribution in [-0.4, -0.2) is 20.6 Å². The molecule has 1 aromatic carbocycles. The molecule has 0 aliphatic carbocycles. The molecule has 0 atom stereocenters. The summed E-state index contributed by atoms with van der Waals surface area (Å²) in [6.45, 7) is 4.04. The maximum absolute atomic E-state index is 12.7. The molecule has 1 aromatic heterocycles. The first kappa shape index (κ1) is 18.1. The number of carbonyl (C=O) groups is 2. The molecule has 3 rings (SSSR count). The van der Waals surface area contributed by atoms with Crippen LogP contribution >= 0.6 is 35.0 Å². The summed E-state index contributed by atoms with van der Waals surface area (Å²) in [5, 5.41) is 0.549. The number of amides is 2. The van der Waals surface area contributed by atoms with E-state index < -0.39 is 0 Å². The molecule has 0 bridgehead atoms. The number of rotatable bonds is 3. The number of hydrogen-bond donors (Lipinski definition) is 0. The Morgan fingerprint density at radius 3 is 2.36 bits per heavy atom. The quantitative estimate of drug-likeness (QED) is 0.672. The summed E-state index contributed by atoms with van der Waals surface area (Å²) in [5.41, 5.74) is 3.63. The number of halogens is 2. The van der Waals surface area contributed by atoms with Gasteiger partial charge in [0, 0.05) is 34.0 Å². The number of thioether (sulfide) groups is 1. The molecule has 130 valence electrons. The largest absolute Gasteiger partial charge is 0.352 e. The van der Waals surface area contributed by atoms with Gasteiger partial charge in [0.15, 0.2) is 0 Å². The van der Waals surface area contributed by atoms with E-state index in [1.807, 2.05) is 31.5 Å². The Morgan fingerprint density at radius 1 is 1.16 bits per heavy atom. The Balaban J connectivity index is 1.90. The molecule has 1 aliphatic heterocycles. The molecule has 0 unspecified atom stereocenters. The average molecular weight is 395 g/mol. The van der Waals surface area contributed by atoms with Crippen molar-refractivity contribution in [2.75, 3.05) is 0 Å². The van der Waals surface area contributed by atoms with E-state index in [1.165, 1.54) is 4.90 Å². The van der Waals surface area contributed by atoms with Gasteiger partial charge in [0.2, 0.25) is 0 Å². The predicted octanol–water partition coefficient (Wildman–Crippen LogP) is 5.19. The third kappa shape index (κ3) is 3.36. The van der Waals surface area contributed by atoms with Crippen molar-refractivity contribution in [3.63, 3.8) is 0 Å². The van der Waals surface area contributed by atoms with Gasteiger partial charge < -0.3 is 4.57 Å². The van der Waals surface area contributed by atoms with Gasteiger partial charge in [-0.25, -0.2) is 0 Å². The molecule has 1 saturated heterocycles. The van der Waals surface area contributed by atoms with Crippen molar-refractivity contribution in [2.24, 2.45) is 7.05 Å². The molecule has 4 nitrogen and oxygen atoms in total. The van der Waals surface area contributed by atoms with E-state index in [0.29, 0.717) is 20.5 Å². The van der Waals surface area contributed by atoms with Crippen molar-refractivity contribution in [2.45, 2.75) is 20.4 Å². The van der Waals surface area contributed by atoms with Crippen LogP contribution in [0.15, 0.2) is 29.2 Å². The van der Waals surface area contributed by atoms with E-state index in [2.05, 4.69) is 0 Å². The normalized spacial score (nSPS) is 16.4. The fourth-order valence-electron chi connectivity index (χ4n) is 2.65. The van der Waals surface area contributed by atoms with E-state index in [1.54, 1.807) is 24.3 Å². The third-order valence-electron chi connectivity index (χ3n) is 4.35. The molecule has 7 heteroatoms. The van der Waals surface area contributed by atoms with Crippen LogP contribution in [0.5, 0.6) is 0 Å². The summed E-state index contributed by atoms with van der Waals surface area (Å²) in [7, 11) is 1.97. The van der Waals surface area contributed by atoms with Gasteiger partial charge in [-0.3, -0.25) is 14.5 Å². The molecular weight excluding hydrogens is 379 g/mol. The Morgan fingerprint density at radius 2 is 1.80 bits per heavy atom. The number of hydrogen-bond acceptors (Lipinski definition) is 3. The Hall–Kier alpha value is -1.69. The van der Waals surface area contributed by atoms with Crippen LogP contribution < -0.4 is 0 Å². The lowest BCUT2D eigenvalue weighted by Crippen LogP contribution is -2.27. The van der Waals surface area contributed by atoms with E-state index in [9.17, 15) is 9.59 Å². The zero-order chi connectivity index (χ0) is 18.3. The minimum Gasteiger partial charge on any atom is -0.352 e. The fraction of sp³-hybridized carbons (Fsp3) is 0.222. The standard InChI is InChI=1S/C18H16Cl2N2O2S/c1-10-7-12(11(2)21(10)3)8-16-17(23)22(18(24)25-16)9-13-14(19)5-4-6-15(13)20/h4-8H,9H2,1-3H3/b16-8-. The van der Waals surface area contributed by atoms with Crippen LogP contribution in [0.3, 0.4) is 0 Å². The number of benzene rings is 1. The second-order valence-electron chi connectivity index (χ2n) is 5.85. The van der Waals surface area contributed by atoms with E-state index in [-0.39, 0.29) is 17.7 Å². The molecule has 2 heterocycles. The second-order valence-corrected chi connectivity index (χ2v) is 7.66. The van der Waals surface area contributed by atoms with Gasteiger partial charge in [0.25, 0.3) is 11.1 Å². The maximum Gasteiger partial charge on any atom is 0.293 e. The number of aromatic nitrogens is 1. The first-order valence-electron chi connectivity index (χ1n) is 7.60. The lowest BCUT2D eigenvalue weighted by Gasteiger charge is -2.14. The first-order chi connectivity index (χ1) is 11.8. The van der Waals surface area contributed by atoms with Crippen LogP contribution in [-0.2, 0) is 18.4 Å².